The van der Waals surface area contributed by atoms with Gasteiger partial charge < -0.3 is 4.42 Å². The van der Waals surface area contributed by atoms with Crippen LogP contribution in [0.3, 0.4) is 0 Å². The average molecular weight is 269 g/mol. The summed E-state index contributed by atoms with van der Waals surface area (Å²) in [6.07, 6.45) is 2.72. The Morgan fingerprint density at radius 2 is 2.56 bits per heavy atom. The summed E-state index contributed by atoms with van der Waals surface area (Å²) < 4.78 is 5.19. The van der Waals surface area contributed by atoms with Crippen LogP contribution >= 0.6 is 11.8 Å². The predicted molar refractivity (Wildman–Crippen MR) is 72.2 cm³/mol. The minimum Gasteiger partial charge on any atom is -0.459 e. The fourth-order valence-corrected chi connectivity index (χ4v) is 3.39. The number of hydrogen-bond donors (Lipinski definition) is 2. The second kappa shape index (κ2) is 6.26. The van der Waals surface area contributed by atoms with E-state index in [0.29, 0.717) is 11.0 Å². The lowest BCUT2D eigenvalue weighted by molar-refractivity contribution is 0.0923. The molecule has 1 fully saturated rings. The SMILES string of the molecule is CCC1CN(Cc2ccoc2C(=O)NN)CCS1. The number of nitrogens with one attached hydrogen (secondary N) is 1. The molecule has 0 bridgehead atoms. The van der Waals surface area contributed by atoms with Crippen molar-refractivity contribution in [1.29, 1.82) is 0 Å². The molecule has 1 aromatic heterocycles. The highest BCUT2D eigenvalue weighted by Crippen LogP contribution is 2.23. The molecule has 0 spiro atoms. The van der Waals surface area contributed by atoms with Gasteiger partial charge in [-0.15, -0.1) is 0 Å². The van der Waals surface area contributed by atoms with Crippen LogP contribution in [-0.4, -0.2) is 34.9 Å². The van der Waals surface area contributed by atoms with Gasteiger partial charge in [0.1, 0.15) is 0 Å². The fourth-order valence-electron chi connectivity index (χ4n) is 2.14. The topological polar surface area (TPSA) is 71.5 Å². The van der Waals surface area contributed by atoms with Crippen molar-refractivity contribution in [3.05, 3.63) is 23.7 Å². The molecule has 3 N–H and O–H groups in total. The Labute approximate surface area is 111 Å². The first-order valence-electron chi connectivity index (χ1n) is 6.15. The maximum Gasteiger partial charge on any atom is 0.301 e. The Balaban J connectivity index is 2.00. The summed E-state index contributed by atoms with van der Waals surface area (Å²) in [5.74, 6) is 6.24. The molecule has 1 unspecified atom stereocenters. The third-order valence-corrected chi connectivity index (χ3v) is 4.53. The van der Waals surface area contributed by atoms with E-state index in [9.17, 15) is 4.79 Å². The molecule has 18 heavy (non-hydrogen) atoms. The molecule has 6 heteroatoms. The van der Waals surface area contributed by atoms with Gasteiger partial charge >= 0.3 is 5.91 Å². The molecular weight excluding hydrogens is 250 g/mol. The number of hydrazine groups is 1. The molecule has 1 aromatic rings. The van der Waals surface area contributed by atoms with E-state index in [1.807, 2.05) is 17.8 Å². The minimum absolute atomic E-state index is 0.323. The minimum atomic E-state index is -0.367. The standard InChI is InChI=1S/C12H19N3O2S/c1-2-10-8-15(4-6-18-10)7-9-3-5-17-11(9)12(16)14-13/h3,5,10H,2,4,6-8,13H2,1H3,(H,14,16). The molecule has 2 heterocycles. The third-order valence-electron chi connectivity index (χ3n) is 3.16. The van der Waals surface area contributed by atoms with Crippen molar-refractivity contribution in [1.82, 2.24) is 10.3 Å². The molecule has 0 aliphatic carbocycles. The Kier molecular flexibility index (Phi) is 4.68. The van der Waals surface area contributed by atoms with Gasteiger partial charge in [-0.1, -0.05) is 6.92 Å². The molecule has 0 saturated carbocycles. The quantitative estimate of drug-likeness (QED) is 0.488. The first-order valence-corrected chi connectivity index (χ1v) is 7.20. The zero-order chi connectivity index (χ0) is 13.0. The lowest BCUT2D eigenvalue weighted by Gasteiger charge is -2.31. The van der Waals surface area contributed by atoms with E-state index >= 15 is 0 Å². The maximum absolute atomic E-state index is 11.5. The number of nitrogens with zero attached hydrogens (tertiary/aromatic N) is 1. The van der Waals surface area contributed by atoms with E-state index in [-0.39, 0.29) is 5.91 Å². The molecule has 1 aliphatic heterocycles. The first-order chi connectivity index (χ1) is 8.74. The Bertz CT molecular complexity index is 408. The molecule has 0 aromatic carbocycles. The van der Waals surface area contributed by atoms with Gasteiger partial charge in [-0.05, 0) is 12.5 Å². The number of thioether (sulfide) groups is 1. The number of nitrogens with two attached hydrogens (primary N) is 1. The molecule has 1 aliphatic rings. The molecule has 1 atom stereocenters. The van der Waals surface area contributed by atoms with Gasteiger partial charge in [0, 0.05) is 36.2 Å². The largest absolute Gasteiger partial charge is 0.459 e. The number of rotatable bonds is 4. The van der Waals surface area contributed by atoms with Gasteiger partial charge in [0.15, 0.2) is 5.76 Å². The van der Waals surface area contributed by atoms with Crippen LogP contribution in [0.5, 0.6) is 0 Å². The molecule has 1 saturated heterocycles. The smallest absolute Gasteiger partial charge is 0.301 e. The maximum atomic E-state index is 11.5. The van der Waals surface area contributed by atoms with Crippen molar-refractivity contribution in [2.45, 2.75) is 25.1 Å². The monoisotopic (exact) mass is 269 g/mol. The molecule has 100 valence electrons. The van der Waals surface area contributed by atoms with E-state index < -0.39 is 0 Å². The van der Waals surface area contributed by atoms with Gasteiger partial charge in [0.2, 0.25) is 0 Å². The summed E-state index contributed by atoms with van der Waals surface area (Å²) in [4.78, 5) is 13.9. The number of nitrogen functional groups attached to an aromatic ring is 1. The van der Waals surface area contributed by atoms with Crippen LogP contribution in [0.4, 0.5) is 0 Å². The van der Waals surface area contributed by atoms with E-state index in [2.05, 4.69) is 17.2 Å². The van der Waals surface area contributed by atoms with Crippen LogP contribution in [0.15, 0.2) is 16.7 Å². The van der Waals surface area contributed by atoms with Crippen LogP contribution in [0.1, 0.15) is 29.5 Å². The Hall–Kier alpha value is -0.980. The summed E-state index contributed by atoms with van der Waals surface area (Å²) in [6, 6.07) is 1.84. The number of carbonyl (C=O) groups is 1. The van der Waals surface area contributed by atoms with Gasteiger partial charge in [-0.3, -0.25) is 15.1 Å². The van der Waals surface area contributed by atoms with Gasteiger partial charge in [-0.2, -0.15) is 11.8 Å². The molecule has 0 radical (unpaired) electrons. The molecule has 5 nitrogen and oxygen atoms in total. The van der Waals surface area contributed by atoms with E-state index in [1.54, 1.807) is 0 Å². The fraction of sp³-hybridized carbons (Fsp3) is 0.583. The normalized spacial score (nSPS) is 20.9. The van der Waals surface area contributed by atoms with Crippen LogP contribution in [0, 0.1) is 0 Å². The van der Waals surface area contributed by atoms with E-state index in [4.69, 9.17) is 10.3 Å². The zero-order valence-corrected chi connectivity index (χ0v) is 11.3. The first kappa shape index (κ1) is 13.5. The highest BCUT2D eigenvalue weighted by atomic mass is 32.2. The predicted octanol–water partition coefficient (Wildman–Crippen LogP) is 1.21. The van der Waals surface area contributed by atoms with Crippen LogP contribution in [0.25, 0.3) is 0 Å². The third kappa shape index (κ3) is 3.07. The lowest BCUT2D eigenvalue weighted by atomic mass is 10.2. The van der Waals surface area contributed by atoms with Gasteiger partial charge in [-0.25, -0.2) is 5.84 Å². The highest BCUT2D eigenvalue weighted by Gasteiger charge is 2.22. The summed E-state index contributed by atoms with van der Waals surface area (Å²) in [7, 11) is 0. The molecular formula is C12H19N3O2S. The van der Waals surface area contributed by atoms with Gasteiger partial charge in [0.05, 0.1) is 6.26 Å². The van der Waals surface area contributed by atoms with Crippen LogP contribution in [-0.2, 0) is 6.54 Å². The van der Waals surface area contributed by atoms with E-state index in [0.717, 1.165) is 31.0 Å². The number of amides is 1. The van der Waals surface area contributed by atoms with Crippen molar-refractivity contribution >= 4 is 17.7 Å². The van der Waals surface area contributed by atoms with Crippen molar-refractivity contribution in [2.75, 3.05) is 18.8 Å². The number of furan rings is 1. The van der Waals surface area contributed by atoms with Crippen molar-refractivity contribution in [3.8, 4) is 0 Å². The second-order valence-electron chi connectivity index (χ2n) is 4.38. The lowest BCUT2D eigenvalue weighted by Crippen LogP contribution is -2.37. The molecule has 1 amide bonds. The van der Waals surface area contributed by atoms with Crippen LogP contribution < -0.4 is 11.3 Å². The summed E-state index contributed by atoms with van der Waals surface area (Å²) in [5, 5.41) is 0.692. The summed E-state index contributed by atoms with van der Waals surface area (Å²) in [5.41, 5.74) is 3.01. The molecule has 2 rings (SSSR count). The zero-order valence-electron chi connectivity index (χ0n) is 10.5. The Morgan fingerprint density at radius 3 is 3.28 bits per heavy atom. The number of carbonyl (C=O) groups excluding carboxylic acids is 1. The van der Waals surface area contributed by atoms with Crippen molar-refractivity contribution in [3.63, 3.8) is 0 Å². The second-order valence-corrected chi connectivity index (χ2v) is 5.79. The highest BCUT2D eigenvalue weighted by molar-refractivity contribution is 8.00. The average Bonchev–Trinajstić information content (AvgIpc) is 2.86. The summed E-state index contributed by atoms with van der Waals surface area (Å²) >= 11 is 2.03. The Morgan fingerprint density at radius 1 is 1.72 bits per heavy atom. The van der Waals surface area contributed by atoms with Crippen molar-refractivity contribution in [2.24, 2.45) is 5.84 Å². The van der Waals surface area contributed by atoms with E-state index in [1.165, 1.54) is 12.7 Å². The van der Waals surface area contributed by atoms with Crippen molar-refractivity contribution < 1.29 is 9.21 Å². The van der Waals surface area contributed by atoms with Crippen LogP contribution in [0.2, 0.25) is 0 Å². The number of hydrogen-bond acceptors (Lipinski definition) is 5. The summed E-state index contributed by atoms with van der Waals surface area (Å²) in [6.45, 7) is 5.08. The van der Waals surface area contributed by atoms with Gasteiger partial charge in [0.25, 0.3) is 0 Å².